The third-order valence-electron chi connectivity index (χ3n) is 3.89. The zero-order valence-electron chi connectivity index (χ0n) is 13.7. The van der Waals surface area contributed by atoms with Gasteiger partial charge >= 0.3 is 6.18 Å². The molecule has 3 rings (SSSR count). The van der Waals surface area contributed by atoms with Gasteiger partial charge in [-0.15, -0.1) is 0 Å². The zero-order chi connectivity index (χ0) is 19.6. The average molecular weight is 413 g/mol. The fourth-order valence-corrected chi connectivity index (χ4v) is 3.58. The first-order chi connectivity index (χ1) is 12.8. The van der Waals surface area contributed by atoms with Crippen LogP contribution >= 0.6 is 23.4 Å². The topological polar surface area (TPSA) is 78.7 Å². The first-order valence-corrected chi connectivity index (χ1v) is 9.23. The molecule has 0 unspecified atom stereocenters. The Morgan fingerprint density at radius 1 is 1.33 bits per heavy atom. The Morgan fingerprint density at radius 3 is 2.81 bits per heavy atom. The molecule has 1 aliphatic carbocycles. The van der Waals surface area contributed by atoms with E-state index in [0.717, 1.165) is 11.8 Å². The second-order valence-corrected chi connectivity index (χ2v) is 7.15. The Morgan fingerprint density at radius 2 is 2.11 bits per heavy atom. The van der Waals surface area contributed by atoms with Crippen molar-refractivity contribution >= 4 is 35.0 Å². The molecule has 1 aromatic carbocycles. The first-order valence-electron chi connectivity index (χ1n) is 7.87. The number of amides is 1. The van der Waals surface area contributed by atoms with E-state index < -0.39 is 17.8 Å². The van der Waals surface area contributed by atoms with Gasteiger partial charge < -0.3 is 5.32 Å². The normalized spacial score (nSPS) is 13.1. The maximum absolute atomic E-state index is 13.2. The van der Waals surface area contributed by atoms with Crippen molar-refractivity contribution in [2.75, 3.05) is 11.1 Å². The summed E-state index contributed by atoms with van der Waals surface area (Å²) in [6, 6.07) is 6.33. The molecule has 0 radical (unpaired) electrons. The van der Waals surface area contributed by atoms with E-state index in [2.05, 4.69) is 15.3 Å². The fourth-order valence-electron chi connectivity index (χ4n) is 2.74. The lowest BCUT2D eigenvalue weighted by Crippen LogP contribution is -2.17. The van der Waals surface area contributed by atoms with Gasteiger partial charge in [-0.1, -0.05) is 23.4 Å². The van der Waals surface area contributed by atoms with Crippen LogP contribution in [0.5, 0.6) is 0 Å². The second-order valence-electron chi connectivity index (χ2n) is 5.77. The number of fused-ring (bicyclic) bond motifs is 1. The molecule has 0 bridgehead atoms. The lowest BCUT2D eigenvalue weighted by atomic mass is 10.2. The molecule has 1 heterocycles. The summed E-state index contributed by atoms with van der Waals surface area (Å²) in [6.45, 7) is 0. The number of hydrogen-bond donors (Lipinski definition) is 1. The summed E-state index contributed by atoms with van der Waals surface area (Å²) in [7, 11) is 0. The van der Waals surface area contributed by atoms with Gasteiger partial charge in [0, 0.05) is 16.3 Å². The van der Waals surface area contributed by atoms with Gasteiger partial charge in [-0.05, 0) is 37.5 Å². The van der Waals surface area contributed by atoms with E-state index in [-0.39, 0.29) is 27.7 Å². The van der Waals surface area contributed by atoms with Crippen LogP contribution in [0.2, 0.25) is 5.02 Å². The minimum Gasteiger partial charge on any atom is -0.324 e. The number of carbonyl (C=O) groups excluding carboxylic acids is 1. The van der Waals surface area contributed by atoms with Crippen molar-refractivity contribution in [2.45, 2.75) is 30.6 Å². The Kier molecular flexibility index (Phi) is 5.58. The Bertz CT molecular complexity index is 943. The van der Waals surface area contributed by atoms with Crippen LogP contribution in [0.3, 0.4) is 0 Å². The highest BCUT2D eigenvalue weighted by Gasteiger charge is 2.38. The van der Waals surface area contributed by atoms with Crippen LogP contribution in [-0.4, -0.2) is 21.6 Å². The van der Waals surface area contributed by atoms with Crippen molar-refractivity contribution in [1.82, 2.24) is 9.97 Å². The second kappa shape index (κ2) is 7.74. The van der Waals surface area contributed by atoms with E-state index in [1.165, 1.54) is 18.2 Å². The minimum absolute atomic E-state index is 0.0928. The minimum atomic E-state index is -4.56. The van der Waals surface area contributed by atoms with Gasteiger partial charge in [0.2, 0.25) is 5.91 Å². The summed E-state index contributed by atoms with van der Waals surface area (Å²) in [5, 5.41) is 11.8. The van der Waals surface area contributed by atoms with E-state index in [1.54, 1.807) is 0 Å². The molecule has 0 saturated heterocycles. The monoisotopic (exact) mass is 412 g/mol. The molecule has 1 N–H and O–H groups in total. The van der Waals surface area contributed by atoms with Gasteiger partial charge in [-0.2, -0.15) is 18.4 Å². The number of aromatic nitrogens is 2. The van der Waals surface area contributed by atoms with Crippen molar-refractivity contribution in [3.8, 4) is 6.07 Å². The average Bonchev–Trinajstić information content (AvgIpc) is 3.07. The number of alkyl halides is 3. The highest BCUT2D eigenvalue weighted by molar-refractivity contribution is 7.99. The summed E-state index contributed by atoms with van der Waals surface area (Å²) in [5.74, 6) is -0.704. The van der Waals surface area contributed by atoms with Crippen molar-refractivity contribution in [1.29, 1.82) is 5.26 Å². The smallest absolute Gasteiger partial charge is 0.324 e. The van der Waals surface area contributed by atoms with E-state index in [0.29, 0.717) is 30.0 Å². The van der Waals surface area contributed by atoms with E-state index in [4.69, 9.17) is 16.9 Å². The predicted molar refractivity (Wildman–Crippen MR) is 94.6 cm³/mol. The Labute approximate surface area is 162 Å². The quantitative estimate of drug-likeness (QED) is 0.600. The summed E-state index contributed by atoms with van der Waals surface area (Å²) in [6.07, 6.45) is -3.18. The third-order valence-corrected chi connectivity index (χ3v) is 4.97. The largest absolute Gasteiger partial charge is 0.433 e. The molecule has 10 heteroatoms. The molecule has 0 spiro atoms. The number of nitriles is 1. The molecule has 0 atom stereocenters. The van der Waals surface area contributed by atoms with Gasteiger partial charge in [0.15, 0.2) is 10.9 Å². The molecule has 5 nitrogen and oxygen atoms in total. The number of nitrogens with one attached hydrogen (secondary N) is 1. The van der Waals surface area contributed by atoms with Crippen LogP contribution in [0.15, 0.2) is 23.4 Å². The molecule has 1 aromatic heterocycles. The van der Waals surface area contributed by atoms with Crippen LogP contribution in [0.25, 0.3) is 0 Å². The van der Waals surface area contributed by atoms with Crippen LogP contribution < -0.4 is 5.32 Å². The SMILES string of the molecule is N#Cc1ccc(Cl)cc1NC(=O)CSc1nc2c(c(C(F)(F)F)n1)CCC2. The van der Waals surface area contributed by atoms with Crippen molar-refractivity contribution in [3.05, 3.63) is 45.7 Å². The number of anilines is 1. The standard InChI is InChI=1S/C17H12ClF3N4OS/c18-10-5-4-9(7-22)13(6-10)23-14(26)8-27-16-24-12-3-1-2-11(12)15(25-16)17(19,20)21/h4-6H,1-3,8H2,(H,23,26). The molecule has 27 heavy (non-hydrogen) atoms. The van der Waals surface area contributed by atoms with Crippen LogP contribution in [-0.2, 0) is 23.8 Å². The van der Waals surface area contributed by atoms with Gasteiger partial charge in [-0.3, -0.25) is 4.79 Å². The summed E-state index contributed by atoms with van der Waals surface area (Å²) < 4.78 is 39.6. The van der Waals surface area contributed by atoms with E-state index in [9.17, 15) is 18.0 Å². The molecular formula is C17H12ClF3N4OS. The Hall–Kier alpha value is -2.31. The number of thioether (sulfide) groups is 1. The highest BCUT2D eigenvalue weighted by atomic mass is 35.5. The number of hydrogen-bond acceptors (Lipinski definition) is 5. The zero-order valence-corrected chi connectivity index (χ0v) is 15.3. The summed E-state index contributed by atoms with van der Waals surface area (Å²) >= 11 is 6.66. The van der Waals surface area contributed by atoms with Crippen LogP contribution in [0, 0.1) is 11.3 Å². The van der Waals surface area contributed by atoms with Gasteiger partial charge in [-0.25, -0.2) is 9.97 Å². The lowest BCUT2D eigenvalue weighted by molar-refractivity contribution is -0.142. The third kappa shape index (κ3) is 4.51. The van der Waals surface area contributed by atoms with Crippen LogP contribution in [0.4, 0.5) is 18.9 Å². The summed E-state index contributed by atoms with van der Waals surface area (Å²) in [5.41, 5.74) is 0.0811. The molecule has 0 saturated carbocycles. The van der Waals surface area contributed by atoms with Crippen molar-refractivity contribution < 1.29 is 18.0 Å². The number of halogens is 4. The van der Waals surface area contributed by atoms with Crippen molar-refractivity contribution in [3.63, 3.8) is 0 Å². The number of carbonyl (C=O) groups is 1. The maximum Gasteiger partial charge on any atom is 0.433 e. The molecule has 0 aliphatic heterocycles. The molecular weight excluding hydrogens is 401 g/mol. The number of rotatable bonds is 4. The predicted octanol–water partition coefficient (Wildman–Crippen LogP) is 4.24. The van der Waals surface area contributed by atoms with E-state index >= 15 is 0 Å². The number of nitrogens with zero attached hydrogens (tertiary/aromatic N) is 3. The lowest BCUT2D eigenvalue weighted by Gasteiger charge is -2.12. The number of benzene rings is 1. The van der Waals surface area contributed by atoms with Gasteiger partial charge in [0.1, 0.15) is 6.07 Å². The van der Waals surface area contributed by atoms with Gasteiger partial charge in [0.25, 0.3) is 0 Å². The number of aryl methyl sites for hydroxylation is 1. The first kappa shape index (κ1) is 19.5. The van der Waals surface area contributed by atoms with Crippen molar-refractivity contribution in [2.24, 2.45) is 0 Å². The molecule has 0 fully saturated rings. The van der Waals surface area contributed by atoms with Crippen LogP contribution in [0.1, 0.15) is 28.9 Å². The molecule has 140 valence electrons. The molecule has 1 amide bonds. The highest BCUT2D eigenvalue weighted by Crippen LogP contribution is 2.36. The maximum atomic E-state index is 13.2. The Balaban J connectivity index is 1.73. The molecule has 1 aliphatic rings. The summed E-state index contributed by atoms with van der Waals surface area (Å²) in [4.78, 5) is 19.9. The fraction of sp³-hybridized carbons (Fsp3) is 0.294. The van der Waals surface area contributed by atoms with E-state index in [1.807, 2.05) is 6.07 Å². The molecule has 2 aromatic rings. The van der Waals surface area contributed by atoms with Gasteiger partial charge in [0.05, 0.1) is 17.0 Å².